The molecule has 3 rings (SSSR count). The molecule has 1 fully saturated rings. The Kier molecular flexibility index (Phi) is 1.58. The number of hydrogen-bond acceptors (Lipinski definition) is 1. The first-order valence-electron chi connectivity index (χ1n) is 5.43. The maximum Gasteiger partial charge on any atom is 0.166 e. The molecule has 2 aliphatic rings. The molecule has 0 aromatic heterocycles. The van der Waals surface area contributed by atoms with Crippen molar-refractivity contribution in [1.82, 2.24) is 0 Å². The highest BCUT2D eigenvalue weighted by Crippen LogP contribution is 2.44. The minimum Gasteiger partial charge on any atom is -0.294 e. The lowest BCUT2D eigenvalue weighted by Gasteiger charge is -2.05. The smallest absolute Gasteiger partial charge is 0.166 e. The molecule has 0 saturated heterocycles. The second-order valence-corrected chi connectivity index (χ2v) is 4.62. The Morgan fingerprint density at radius 2 is 2.07 bits per heavy atom. The van der Waals surface area contributed by atoms with Crippen molar-refractivity contribution < 1.29 is 4.79 Å². The van der Waals surface area contributed by atoms with Gasteiger partial charge in [-0.2, -0.15) is 0 Å². The van der Waals surface area contributed by atoms with Crippen molar-refractivity contribution in [3.8, 4) is 0 Å². The van der Waals surface area contributed by atoms with Gasteiger partial charge in [-0.15, -0.1) is 0 Å². The molecule has 2 aliphatic carbocycles. The standard InChI is InChI=1S/C13H14O/c1-8-7-12-10(9-5-6-9)3-2-4-11(12)13(8)14/h2-4,8-9H,5-7H2,1H3. The molecule has 0 radical (unpaired) electrons. The molecule has 1 aromatic carbocycles. The highest BCUT2D eigenvalue weighted by molar-refractivity contribution is 6.02. The molecule has 1 nitrogen and oxygen atoms in total. The molecule has 1 heteroatoms. The van der Waals surface area contributed by atoms with Gasteiger partial charge in [-0.05, 0) is 36.3 Å². The molecule has 0 N–H and O–H groups in total. The maximum atomic E-state index is 11.8. The monoisotopic (exact) mass is 186 g/mol. The summed E-state index contributed by atoms with van der Waals surface area (Å²) in [6.07, 6.45) is 3.61. The number of Topliss-reactive ketones (excluding diaryl/α,β-unsaturated/α-hetero) is 1. The molecule has 0 spiro atoms. The predicted octanol–water partition coefficient (Wildman–Crippen LogP) is 2.94. The van der Waals surface area contributed by atoms with Crippen LogP contribution in [0.25, 0.3) is 0 Å². The first-order chi connectivity index (χ1) is 6.77. The highest BCUT2D eigenvalue weighted by Gasteiger charge is 2.33. The summed E-state index contributed by atoms with van der Waals surface area (Å²) in [6.45, 7) is 2.04. The molecule has 1 saturated carbocycles. The van der Waals surface area contributed by atoms with Crippen molar-refractivity contribution >= 4 is 5.78 Å². The summed E-state index contributed by atoms with van der Waals surface area (Å²) >= 11 is 0. The number of hydrogen-bond donors (Lipinski definition) is 0. The zero-order valence-corrected chi connectivity index (χ0v) is 8.42. The summed E-state index contributed by atoms with van der Waals surface area (Å²) in [5.41, 5.74) is 3.81. The van der Waals surface area contributed by atoms with E-state index < -0.39 is 0 Å². The zero-order valence-electron chi connectivity index (χ0n) is 8.42. The average molecular weight is 186 g/mol. The summed E-state index contributed by atoms with van der Waals surface area (Å²) in [4.78, 5) is 11.8. The quantitative estimate of drug-likeness (QED) is 0.659. The summed E-state index contributed by atoms with van der Waals surface area (Å²) in [5, 5.41) is 0. The van der Waals surface area contributed by atoms with Crippen LogP contribution in [-0.2, 0) is 6.42 Å². The SMILES string of the molecule is CC1Cc2c(cccc2C2CC2)C1=O. The van der Waals surface area contributed by atoms with E-state index in [0.717, 1.165) is 17.9 Å². The minimum atomic E-state index is 0.213. The van der Waals surface area contributed by atoms with Gasteiger partial charge in [-0.25, -0.2) is 0 Å². The van der Waals surface area contributed by atoms with Crippen LogP contribution in [0, 0.1) is 5.92 Å². The van der Waals surface area contributed by atoms with E-state index in [-0.39, 0.29) is 5.92 Å². The van der Waals surface area contributed by atoms with Gasteiger partial charge in [0.1, 0.15) is 0 Å². The van der Waals surface area contributed by atoms with Gasteiger partial charge in [0.25, 0.3) is 0 Å². The zero-order chi connectivity index (χ0) is 9.71. The third-order valence-corrected chi connectivity index (χ3v) is 3.45. The first kappa shape index (κ1) is 8.22. The molecule has 1 aromatic rings. The number of carbonyl (C=O) groups excluding carboxylic acids is 1. The van der Waals surface area contributed by atoms with Gasteiger partial charge in [0.05, 0.1) is 0 Å². The Hall–Kier alpha value is -1.11. The van der Waals surface area contributed by atoms with E-state index >= 15 is 0 Å². The number of benzene rings is 1. The van der Waals surface area contributed by atoms with Gasteiger partial charge >= 0.3 is 0 Å². The molecule has 0 amide bonds. The average Bonchev–Trinajstić information content (AvgIpc) is 2.96. The lowest BCUT2D eigenvalue weighted by atomic mass is 9.99. The van der Waals surface area contributed by atoms with Crippen molar-refractivity contribution in [1.29, 1.82) is 0 Å². The lowest BCUT2D eigenvalue weighted by molar-refractivity contribution is 0.0946. The molecule has 1 atom stereocenters. The van der Waals surface area contributed by atoms with Gasteiger partial charge in [-0.1, -0.05) is 25.1 Å². The Morgan fingerprint density at radius 1 is 1.29 bits per heavy atom. The van der Waals surface area contributed by atoms with Crippen molar-refractivity contribution in [2.45, 2.75) is 32.1 Å². The van der Waals surface area contributed by atoms with Crippen molar-refractivity contribution in [2.75, 3.05) is 0 Å². The number of ketones is 1. The second-order valence-electron chi connectivity index (χ2n) is 4.62. The van der Waals surface area contributed by atoms with Crippen molar-refractivity contribution in [2.24, 2.45) is 5.92 Å². The van der Waals surface area contributed by atoms with Gasteiger partial charge in [-0.3, -0.25) is 4.79 Å². The molecule has 1 unspecified atom stereocenters. The Morgan fingerprint density at radius 3 is 2.79 bits per heavy atom. The summed E-state index contributed by atoms with van der Waals surface area (Å²) in [7, 11) is 0. The number of fused-ring (bicyclic) bond motifs is 1. The van der Waals surface area contributed by atoms with E-state index in [9.17, 15) is 4.79 Å². The van der Waals surface area contributed by atoms with Gasteiger partial charge < -0.3 is 0 Å². The Balaban J connectivity index is 2.14. The van der Waals surface area contributed by atoms with E-state index in [2.05, 4.69) is 6.07 Å². The number of carbonyl (C=O) groups is 1. The van der Waals surface area contributed by atoms with Gasteiger partial charge in [0.2, 0.25) is 0 Å². The van der Waals surface area contributed by atoms with Crippen LogP contribution in [0.5, 0.6) is 0 Å². The fourth-order valence-corrected chi connectivity index (χ4v) is 2.50. The van der Waals surface area contributed by atoms with Crippen LogP contribution in [0.15, 0.2) is 18.2 Å². The van der Waals surface area contributed by atoms with E-state index in [1.807, 2.05) is 19.1 Å². The van der Waals surface area contributed by atoms with E-state index in [1.165, 1.54) is 24.0 Å². The fourth-order valence-electron chi connectivity index (χ4n) is 2.50. The highest BCUT2D eigenvalue weighted by atomic mass is 16.1. The van der Waals surface area contributed by atoms with Crippen molar-refractivity contribution in [3.63, 3.8) is 0 Å². The van der Waals surface area contributed by atoms with Gasteiger partial charge in [0.15, 0.2) is 5.78 Å². The van der Waals surface area contributed by atoms with Crippen LogP contribution in [0.1, 0.15) is 47.2 Å². The normalized spacial score (nSPS) is 25.2. The van der Waals surface area contributed by atoms with Crippen LogP contribution in [0.2, 0.25) is 0 Å². The van der Waals surface area contributed by atoms with Crippen LogP contribution in [0.3, 0.4) is 0 Å². The fraction of sp³-hybridized carbons (Fsp3) is 0.462. The summed E-state index contributed by atoms with van der Waals surface area (Å²) in [6, 6.07) is 6.25. The third-order valence-electron chi connectivity index (χ3n) is 3.45. The second kappa shape index (κ2) is 2.69. The predicted molar refractivity (Wildman–Crippen MR) is 55.6 cm³/mol. The minimum absolute atomic E-state index is 0.213. The lowest BCUT2D eigenvalue weighted by Crippen LogP contribution is -2.02. The summed E-state index contributed by atoms with van der Waals surface area (Å²) < 4.78 is 0. The molecular formula is C13H14O. The molecule has 0 aliphatic heterocycles. The van der Waals surface area contributed by atoms with Crippen LogP contribution in [0.4, 0.5) is 0 Å². The van der Waals surface area contributed by atoms with E-state index in [0.29, 0.717) is 5.78 Å². The third kappa shape index (κ3) is 1.05. The largest absolute Gasteiger partial charge is 0.294 e. The molecular weight excluding hydrogens is 172 g/mol. The van der Waals surface area contributed by atoms with Crippen LogP contribution in [-0.4, -0.2) is 5.78 Å². The first-order valence-corrected chi connectivity index (χ1v) is 5.43. The van der Waals surface area contributed by atoms with Gasteiger partial charge in [0, 0.05) is 11.5 Å². The van der Waals surface area contributed by atoms with Crippen LogP contribution < -0.4 is 0 Å². The van der Waals surface area contributed by atoms with E-state index in [4.69, 9.17) is 0 Å². The Bertz CT molecular complexity index is 402. The Labute approximate surface area is 84.1 Å². The van der Waals surface area contributed by atoms with E-state index in [1.54, 1.807) is 0 Å². The summed E-state index contributed by atoms with van der Waals surface area (Å²) in [5.74, 6) is 1.33. The van der Waals surface area contributed by atoms with Crippen LogP contribution >= 0.6 is 0 Å². The molecule has 14 heavy (non-hydrogen) atoms. The molecule has 0 bridgehead atoms. The number of rotatable bonds is 1. The topological polar surface area (TPSA) is 17.1 Å². The van der Waals surface area contributed by atoms with Crippen molar-refractivity contribution in [3.05, 3.63) is 34.9 Å². The maximum absolute atomic E-state index is 11.8. The molecule has 72 valence electrons. The molecule has 0 heterocycles.